The molecule has 2 heterocycles. The predicted molar refractivity (Wildman–Crippen MR) is 111 cm³/mol. The summed E-state index contributed by atoms with van der Waals surface area (Å²) in [6, 6.07) is 7.18. The highest BCUT2D eigenvalue weighted by Gasteiger charge is 2.30. The number of aryl methyl sites for hydroxylation is 3. The van der Waals surface area contributed by atoms with Crippen LogP contribution in [0, 0.1) is 20.8 Å². The van der Waals surface area contributed by atoms with Crippen LogP contribution in [0.4, 0.5) is 5.69 Å². The van der Waals surface area contributed by atoms with Gasteiger partial charge >= 0.3 is 13.5 Å². The molecule has 0 fully saturated rings. The first kappa shape index (κ1) is 19.8. The molecule has 2 N–H and O–H groups in total. The Morgan fingerprint density at radius 1 is 1.26 bits per heavy atom. The summed E-state index contributed by atoms with van der Waals surface area (Å²) in [5.74, 6) is -1.09. The van der Waals surface area contributed by atoms with Crippen LogP contribution in [-0.2, 0) is 9.09 Å². The summed E-state index contributed by atoms with van der Waals surface area (Å²) in [5.41, 5.74) is 2.83. The number of anilines is 1. The Balaban J connectivity index is 2.05. The van der Waals surface area contributed by atoms with Crippen LogP contribution in [-0.4, -0.2) is 23.2 Å². The highest BCUT2D eigenvalue weighted by molar-refractivity contribution is 7.68. The lowest BCUT2D eigenvalue weighted by Gasteiger charge is -2.20. The number of aromatic nitrogens is 1. The Labute approximate surface area is 165 Å². The molecule has 0 radical (unpaired) electrons. The molecule has 1 atom stereocenters. The summed E-state index contributed by atoms with van der Waals surface area (Å²) < 4.78 is 18.8. The average Bonchev–Trinajstić information content (AvgIpc) is 3.21. The van der Waals surface area contributed by atoms with Crippen molar-refractivity contribution in [2.45, 2.75) is 20.8 Å². The number of nitrogens with one attached hydrogen (secondary N) is 1. The van der Waals surface area contributed by atoms with Gasteiger partial charge in [0.25, 0.3) is 0 Å². The third-order valence-corrected chi connectivity index (χ3v) is 8.10. The van der Waals surface area contributed by atoms with Crippen LogP contribution in [0.15, 0.2) is 29.6 Å². The molecule has 1 aromatic carbocycles. The molecule has 0 aliphatic heterocycles. The van der Waals surface area contributed by atoms with Gasteiger partial charge in [-0.25, -0.2) is 9.78 Å². The van der Waals surface area contributed by atoms with Gasteiger partial charge in [-0.2, -0.15) is 0 Å². The zero-order valence-corrected chi connectivity index (χ0v) is 17.8. The number of thiophene rings is 1. The summed E-state index contributed by atoms with van der Waals surface area (Å²) >= 11 is 2.58. The fourth-order valence-corrected chi connectivity index (χ4v) is 6.11. The van der Waals surface area contributed by atoms with Crippen molar-refractivity contribution in [3.05, 3.63) is 50.7 Å². The molecule has 0 aliphatic rings. The summed E-state index contributed by atoms with van der Waals surface area (Å²) in [4.78, 5) is 16.9. The molecular weight excluding hydrogens is 403 g/mol. The van der Waals surface area contributed by atoms with Crippen LogP contribution in [0.3, 0.4) is 0 Å². The minimum absolute atomic E-state index is 0.0673. The molecular formula is C18H19N2O4PS2. The van der Waals surface area contributed by atoms with E-state index < -0.39 is 13.5 Å². The fraction of sp³-hybridized carbons (Fsp3) is 0.222. The largest absolute Gasteiger partial charge is 0.477 e. The van der Waals surface area contributed by atoms with Gasteiger partial charge in [-0.3, -0.25) is 4.57 Å². The number of benzene rings is 1. The number of rotatable bonds is 6. The Hall–Kier alpha value is -1.99. The molecule has 0 saturated carbocycles. The van der Waals surface area contributed by atoms with Crippen LogP contribution in [0.1, 0.15) is 25.8 Å². The number of thiazole rings is 1. The number of nitrogens with zero attached hydrogens (tertiary/aromatic N) is 1. The highest BCUT2D eigenvalue weighted by Crippen LogP contribution is 2.48. The molecule has 0 spiro atoms. The van der Waals surface area contributed by atoms with Gasteiger partial charge in [0, 0.05) is 12.5 Å². The first-order chi connectivity index (χ1) is 12.7. The predicted octanol–water partition coefficient (Wildman–Crippen LogP) is 5.07. The second kappa shape index (κ2) is 7.56. The number of carboxylic acid groups (broad SMARTS) is 1. The van der Waals surface area contributed by atoms with Gasteiger partial charge in [0.1, 0.15) is 4.88 Å². The Kier molecular flexibility index (Phi) is 5.53. The molecule has 6 nitrogen and oxygen atoms in total. The van der Waals surface area contributed by atoms with Gasteiger partial charge in [0.2, 0.25) is 0 Å². The normalized spacial score (nSPS) is 13.3. The van der Waals surface area contributed by atoms with E-state index in [0.717, 1.165) is 27.5 Å². The van der Waals surface area contributed by atoms with Crippen molar-refractivity contribution in [2.24, 2.45) is 0 Å². The second-order valence-electron chi connectivity index (χ2n) is 6.05. The maximum absolute atomic E-state index is 13.5. The number of aromatic carboxylic acids is 1. The number of carbonyl (C=O) groups is 1. The van der Waals surface area contributed by atoms with E-state index in [1.165, 1.54) is 18.4 Å². The molecule has 0 saturated heterocycles. The van der Waals surface area contributed by atoms with E-state index in [4.69, 9.17) is 4.52 Å². The summed E-state index contributed by atoms with van der Waals surface area (Å²) in [5, 5.41) is 15.7. The van der Waals surface area contributed by atoms with Crippen molar-refractivity contribution in [2.75, 3.05) is 12.2 Å². The van der Waals surface area contributed by atoms with Gasteiger partial charge in [-0.15, -0.1) is 22.7 Å². The molecule has 0 amide bonds. The molecule has 142 valence electrons. The first-order valence-corrected chi connectivity index (χ1v) is 11.4. The van der Waals surface area contributed by atoms with Crippen LogP contribution < -0.4 is 10.4 Å². The Morgan fingerprint density at radius 3 is 2.56 bits per heavy atom. The smallest absolute Gasteiger partial charge is 0.348 e. The van der Waals surface area contributed by atoms with Gasteiger partial charge < -0.3 is 14.7 Å². The molecule has 3 aromatic rings. The number of hydrogen-bond donors (Lipinski definition) is 2. The van der Waals surface area contributed by atoms with E-state index in [0.29, 0.717) is 15.9 Å². The monoisotopic (exact) mass is 422 g/mol. The molecule has 27 heavy (non-hydrogen) atoms. The Bertz CT molecular complexity index is 1060. The fourth-order valence-electron chi connectivity index (χ4n) is 2.73. The maximum atomic E-state index is 13.5. The quantitative estimate of drug-likeness (QED) is 0.539. The van der Waals surface area contributed by atoms with Gasteiger partial charge in [-0.1, -0.05) is 17.7 Å². The van der Waals surface area contributed by atoms with Crippen molar-refractivity contribution in [1.29, 1.82) is 0 Å². The molecule has 3 rings (SSSR count). The van der Waals surface area contributed by atoms with Gasteiger partial charge in [-0.05, 0) is 38.5 Å². The lowest BCUT2D eigenvalue weighted by Crippen LogP contribution is -2.17. The highest BCUT2D eigenvalue weighted by atomic mass is 32.1. The second-order valence-corrected chi connectivity index (χ2v) is 10.3. The molecule has 0 bridgehead atoms. The van der Waals surface area contributed by atoms with E-state index >= 15 is 0 Å². The average molecular weight is 422 g/mol. The van der Waals surface area contributed by atoms with E-state index in [-0.39, 0.29) is 10.6 Å². The zero-order chi connectivity index (χ0) is 19.8. The summed E-state index contributed by atoms with van der Waals surface area (Å²) in [6.07, 6.45) is 0. The molecule has 2 aromatic heterocycles. The zero-order valence-electron chi connectivity index (χ0n) is 15.3. The minimum Gasteiger partial charge on any atom is -0.477 e. The molecule has 0 aliphatic carbocycles. The van der Waals surface area contributed by atoms with Crippen LogP contribution in [0.2, 0.25) is 0 Å². The van der Waals surface area contributed by atoms with Crippen LogP contribution in [0.5, 0.6) is 0 Å². The van der Waals surface area contributed by atoms with E-state index in [1.807, 2.05) is 38.3 Å². The lowest BCUT2D eigenvalue weighted by molar-refractivity contribution is 0.0703. The van der Waals surface area contributed by atoms with Crippen molar-refractivity contribution < 1.29 is 19.0 Å². The number of carboxylic acids is 1. The minimum atomic E-state index is -3.50. The number of hydrogen-bond acceptors (Lipinski definition) is 6. The SMILES string of the molecule is COP(=O)(Nc1cc(-c2csc(C)n2)sc1C(=O)O)c1ccc(C)cc1C. The standard InChI is InChI=1S/C18H19N2O4PS2/c1-10-5-6-15(11(2)7-10)25(23,24-4)20-13-8-16(27-17(13)18(21)22)14-9-26-12(3)19-14/h5-9H,1-4H3,(H,20,23)(H,21,22). The van der Waals surface area contributed by atoms with E-state index in [2.05, 4.69) is 10.1 Å². The molecule has 9 heteroatoms. The third kappa shape index (κ3) is 3.99. The van der Waals surface area contributed by atoms with Crippen molar-refractivity contribution >= 4 is 47.2 Å². The summed E-state index contributed by atoms with van der Waals surface area (Å²) in [7, 11) is -2.14. The Morgan fingerprint density at radius 2 is 2.00 bits per heavy atom. The van der Waals surface area contributed by atoms with Crippen LogP contribution in [0.25, 0.3) is 10.6 Å². The first-order valence-electron chi connectivity index (χ1n) is 8.05. The molecule has 1 unspecified atom stereocenters. The van der Waals surface area contributed by atoms with Gasteiger partial charge in [0.15, 0.2) is 0 Å². The third-order valence-electron chi connectivity index (χ3n) is 3.99. The van der Waals surface area contributed by atoms with Crippen molar-refractivity contribution in [1.82, 2.24) is 4.98 Å². The van der Waals surface area contributed by atoms with E-state index in [1.54, 1.807) is 12.1 Å². The van der Waals surface area contributed by atoms with Crippen LogP contribution >= 0.6 is 30.2 Å². The maximum Gasteiger partial charge on any atom is 0.348 e. The summed E-state index contributed by atoms with van der Waals surface area (Å²) in [6.45, 7) is 5.69. The van der Waals surface area contributed by atoms with Crippen molar-refractivity contribution in [3.8, 4) is 10.6 Å². The van der Waals surface area contributed by atoms with E-state index in [9.17, 15) is 14.5 Å². The lowest BCUT2D eigenvalue weighted by atomic mass is 10.2. The topological polar surface area (TPSA) is 88.5 Å². The van der Waals surface area contributed by atoms with Crippen molar-refractivity contribution in [3.63, 3.8) is 0 Å². The van der Waals surface area contributed by atoms with Gasteiger partial charge in [0.05, 0.1) is 26.6 Å².